The summed E-state index contributed by atoms with van der Waals surface area (Å²) in [6.45, 7) is 4.02. The number of anilines is 2. The number of hydrogen-bond acceptors (Lipinski definition) is 8. The third-order valence-corrected chi connectivity index (χ3v) is 8.16. The molecule has 2 unspecified atom stereocenters. The lowest BCUT2D eigenvalue weighted by molar-refractivity contribution is -0.121. The van der Waals surface area contributed by atoms with Gasteiger partial charge in [0.25, 0.3) is 5.56 Å². The topological polar surface area (TPSA) is 150 Å². The van der Waals surface area contributed by atoms with Gasteiger partial charge in [0, 0.05) is 30.8 Å². The summed E-state index contributed by atoms with van der Waals surface area (Å²) in [6, 6.07) is 7.21. The molecule has 1 amide bonds. The summed E-state index contributed by atoms with van der Waals surface area (Å²) < 4.78 is 18.5. The maximum Gasteiger partial charge on any atom is 0.254 e. The summed E-state index contributed by atoms with van der Waals surface area (Å²) in [7, 11) is 1.80. The van der Waals surface area contributed by atoms with Crippen molar-refractivity contribution in [3.05, 3.63) is 87.3 Å². The van der Waals surface area contributed by atoms with Gasteiger partial charge in [-0.3, -0.25) is 28.8 Å². The number of benzene rings is 1. The number of hydrazine groups is 1. The molecule has 0 aliphatic carbocycles. The van der Waals surface area contributed by atoms with Crippen LogP contribution in [0.3, 0.4) is 0 Å². The molecule has 0 saturated heterocycles. The first-order chi connectivity index (χ1) is 21.0. The van der Waals surface area contributed by atoms with Crippen molar-refractivity contribution in [2.45, 2.75) is 39.2 Å². The number of nitrogens with one attached hydrogen (secondary N) is 1. The number of halogens is 3. The highest BCUT2D eigenvalue weighted by molar-refractivity contribution is 6.31. The van der Waals surface area contributed by atoms with Crippen molar-refractivity contribution in [1.29, 1.82) is 0 Å². The Balaban J connectivity index is 1.62. The SMILES string of the molecule is CC(C)C1CCCC(n2cnc(-c3c(N(N)/C=C(\N)Cl)ccc(Cl)c3F)cc2=O)c2cc(ccn2)-c2c(cnn2C)NC1=O. The van der Waals surface area contributed by atoms with Gasteiger partial charge in [0.15, 0.2) is 5.82 Å². The highest BCUT2D eigenvalue weighted by atomic mass is 35.5. The lowest BCUT2D eigenvalue weighted by atomic mass is 9.88. The fourth-order valence-electron chi connectivity index (χ4n) is 5.58. The summed E-state index contributed by atoms with van der Waals surface area (Å²) in [5, 5.41) is 8.16. The molecule has 2 atom stereocenters. The smallest absolute Gasteiger partial charge is 0.254 e. The Kier molecular flexibility index (Phi) is 9.05. The van der Waals surface area contributed by atoms with Crippen molar-refractivity contribution in [2.75, 3.05) is 10.3 Å². The van der Waals surface area contributed by atoms with Gasteiger partial charge in [0.05, 0.1) is 63.8 Å². The fraction of sp³-hybridized carbons (Fsp3) is 0.300. The maximum atomic E-state index is 15.4. The second kappa shape index (κ2) is 12.8. The van der Waals surface area contributed by atoms with Crippen LogP contribution in [-0.2, 0) is 11.8 Å². The molecule has 11 nitrogen and oxygen atoms in total. The average Bonchev–Trinajstić information content (AvgIpc) is 3.33. The molecule has 230 valence electrons. The molecule has 4 aromatic rings. The van der Waals surface area contributed by atoms with Crippen molar-refractivity contribution < 1.29 is 9.18 Å². The van der Waals surface area contributed by atoms with Crippen LogP contribution in [0.1, 0.15) is 44.8 Å². The summed E-state index contributed by atoms with van der Waals surface area (Å²) >= 11 is 11.9. The zero-order chi connectivity index (χ0) is 31.7. The van der Waals surface area contributed by atoms with Gasteiger partial charge in [-0.1, -0.05) is 43.5 Å². The Morgan fingerprint density at radius 3 is 2.68 bits per heavy atom. The molecule has 0 radical (unpaired) electrons. The number of fused-ring (bicyclic) bond motifs is 4. The van der Waals surface area contributed by atoms with Crippen molar-refractivity contribution in [3.63, 3.8) is 0 Å². The monoisotopic (exact) mass is 639 g/mol. The van der Waals surface area contributed by atoms with E-state index in [0.29, 0.717) is 36.3 Å². The number of aromatic nitrogens is 5. The number of rotatable bonds is 5. The lowest BCUT2D eigenvalue weighted by Gasteiger charge is -2.25. The third kappa shape index (κ3) is 6.19. The van der Waals surface area contributed by atoms with Crippen LogP contribution in [0.2, 0.25) is 5.02 Å². The van der Waals surface area contributed by atoms with E-state index in [1.165, 1.54) is 35.3 Å². The van der Waals surface area contributed by atoms with Crippen molar-refractivity contribution in [3.8, 4) is 22.5 Å². The van der Waals surface area contributed by atoms with Gasteiger partial charge in [-0.25, -0.2) is 15.2 Å². The molecule has 5 N–H and O–H groups in total. The molecule has 14 heteroatoms. The summed E-state index contributed by atoms with van der Waals surface area (Å²) in [5.74, 6) is 5.00. The van der Waals surface area contributed by atoms with Crippen LogP contribution < -0.4 is 27.5 Å². The highest BCUT2D eigenvalue weighted by Crippen LogP contribution is 2.36. The Morgan fingerprint density at radius 2 is 1.98 bits per heavy atom. The molecule has 1 aliphatic rings. The molecular formula is C30H32Cl2FN9O2. The molecule has 1 aliphatic heterocycles. The van der Waals surface area contributed by atoms with E-state index in [0.717, 1.165) is 10.6 Å². The van der Waals surface area contributed by atoms with E-state index in [4.69, 9.17) is 34.8 Å². The maximum absolute atomic E-state index is 15.4. The van der Waals surface area contributed by atoms with Gasteiger partial charge < -0.3 is 11.1 Å². The van der Waals surface area contributed by atoms with Gasteiger partial charge in [0.1, 0.15) is 5.16 Å². The minimum Gasteiger partial charge on any atom is -0.388 e. The predicted molar refractivity (Wildman–Crippen MR) is 169 cm³/mol. The summed E-state index contributed by atoms with van der Waals surface area (Å²) in [4.78, 5) is 36.2. The van der Waals surface area contributed by atoms with E-state index in [1.807, 2.05) is 26.0 Å². The van der Waals surface area contributed by atoms with E-state index in [9.17, 15) is 9.59 Å². The second-order valence-electron chi connectivity index (χ2n) is 11.0. The van der Waals surface area contributed by atoms with Crippen molar-refractivity contribution in [1.82, 2.24) is 24.3 Å². The first kappa shape index (κ1) is 31.2. The average molecular weight is 641 g/mol. The Hall–Kier alpha value is -4.26. The number of carbonyl (C=O) groups is 1. The van der Waals surface area contributed by atoms with E-state index >= 15 is 4.39 Å². The van der Waals surface area contributed by atoms with Crippen LogP contribution in [0.4, 0.5) is 15.8 Å². The zero-order valence-corrected chi connectivity index (χ0v) is 25.8. The van der Waals surface area contributed by atoms with E-state index < -0.39 is 17.4 Å². The minimum atomic E-state index is -0.809. The Morgan fingerprint density at radius 1 is 1.20 bits per heavy atom. The molecule has 4 heterocycles. The van der Waals surface area contributed by atoms with Crippen LogP contribution in [0.15, 0.2) is 65.2 Å². The normalized spacial score (nSPS) is 17.5. The number of pyridine rings is 1. The zero-order valence-electron chi connectivity index (χ0n) is 24.3. The van der Waals surface area contributed by atoms with Crippen LogP contribution >= 0.6 is 23.2 Å². The Bertz CT molecular complexity index is 1800. The minimum absolute atomic E-state index is 0.0178. The van der Waals surface area contributed by atoms with Gasteiger partial charge >= 0.3 is 0 Å². The molecule has 3 aromatic heterocycles. The standard InChI is InChI=1S/C30H32Cl2FN9O2/c1-16(2)18-5-4-6-23(20-11-17(9-10-36-20)29-22(39-30(18)44)13-38-40(29)3)41-15-37-21(12-26(41)43)27-24(42(35)14-25(32)34)8-7-19(31)28(27)33/h7-16,18,23H,4-6,34-35H2,1-3H3,(H,39,44)/b25-14-. The van der Waals surface area contributed by atoms with Gasteiger partial charge in [-0.05, 0) is 43.0 Å². The molecule has 5 rings (SSSR count). The molecule has 0 spiro atoms. The number of hydrogen-bond donors (Lipinski definition) is 3. The quantitative estimate of drug-likeness (QED) is 0.154. The molecule has 0 fully saturated rings. The third-order valence-electron chi connectivity index (χ3n) is 7.77. The van der Waals surface area contributed by atoms with Crippen LogP contribution in [0.5, 0.6) is 0 Å². The van der Waals surface area contributed by atoms with Gasteiger partial charge in [-0.2, -0.15) is 5.10 Å². The number of carbonyl (C=O) groups excluding carboxylic acids is 1. The van der Waals surface area contributed by atoms with Crippen LogP contribution in [-0.4, -0.2) is 30.2 Å². The molecule has 0 saturated carbocycles. The molecule has 2 bridgehead atoms. The number of nitrogens with two attached hydrogens (primary N) is 2. The van der Waals surface area contributed by atoms with Crippen LogP contribution in [0, 0.1) is 17.7 Å². The lowest BCUT2D eigenvalue weighted by Crippen LogP contribution is -2.29. The summed E-state index contributed by atoms with van der Waals surface area (Å²) in [6.07, 6.45) is 7.56. The first-order valence-electron chi connectivity index (χ1n) is 14.0. The molecule has 44 heavy (non-hydrogen) atoms. The predicted octanol–water partition coefficient (Wildman–Crippen LogP) is 5.16. The highest BCUT2D eigenvalue weighted by Gasteiger charge is 2.28. The largest absolute Gasteiger partial charge is 0.388 e. The Labute approximate surface area is 263 Å². The van der Waals surface area contributed by atoms with Crippen molar-refractivity contribution >= 4 is 40.5 Å². The molecular weight excluding hydrogens is 608 g/mol. The summed E-state index contributed by atoms with van der Waals surface area (Å²) in [5.41, 5.74) is 7.89. The van der Waals surface area contributed by atoms with E-state index in [2.05, 4.69) is 20.4 Å². The molecule has 1 aromatic carbocycles. The first-order valence-corrected chi connectivity index (χ1v) is 14.7. The van der Waals surface area contributed by atoms with Gasteiger partial charge in [-0.15, -0.1) is 0 Å². The number of aryl methyl sites for hydroxylation is 1. The number of nitrogens with zero attached hydrogens (tertiary/aromatic N) is 6. The fourth-order valence-corrected chi connectivity index (χ4v) is 5.85. The number of amides is 1. The van der Waals surface area contributed by atoms with E-state index in [-0.39, 0.29) is 44.9 Å². The van der Waals surface area contributed by atoms with E-state index in [1.54, 1.807) is 24.1 Å². The van der Waals surface area contributed by atoms with Gasteiger partial charge in [0.2, 0.25) is 5.91 Å². The second-order valence-corrected chi connectivity index (χ2v) is 11.8. The van der Waals surface area contributed by atoms with Crippen LogP contribution in [0.25, 0.3) is 22.5 Å². The van der Waals surface area contributed by atoms with Crippen molar-refractivity contribution in [2.24, 2.45) is 30.5 Å².